The molecule has 0 amide bonds. The Kier molecular flexibility index (Phi) is 1.90. The molecule has 11 heavy (non-hydrogen) atoms. The third-order valence-electron chi connectivity index (χ3n) is 1.42. The van der Waals surface area contributed by atoms with Crippen LogP contribution in [0, 0.1) is 5.92 Å². The average Bonchev–Trinajstić information content (AvgIpc) is 2.41. The summed E-state index contributed by atoms with van der Waals surface area (Å²) in [6, 6.07) is 0. The van der Waals surface area contributed by atoms with Crippen LogP contribution in [0.2, 0.25) is 0 Å². The Morgan fingerprint density at radius 1 is 1.55 bits per heavy atom. The van der Waals surface area contributed by atoms with Gasteiger partial charge in [0, 0.05) is 0 Å². The van der Waals surface area contributed by atoms with Gasteiger partial charge in [-0.1, -0.05) is 0 Å². The highest BCUT2D eigenvalue weighted by molar-refractivity contribution is 5.76. The monoisotopic (exact) mass is 160 g/mol. The molecule has 0 unspecified atom stereocenters. The first-order chi connectivity index (χ1) is 4.90. The van der Waals surface area contributed by atoms with Crippen molar-refractivity contribution in [1.29, 1.82) is 0 Å². The van der Waals surface area contributed by atoms with Gasteiger partial charge in [0.05, 0.1) is 5.92 Å². The van der Waals surface area contributed by atoms with Crippen LogP contribution < -0.4 is 0 Å². The molecule has 0 N–H and O–H groups in total. The molecule has 2 atom stereocenters. The Hall–Kier alpha value is -0.600. The van der Waals surface area contributed by atoms with Crippen LogP contribution in [0.4, 0.5) is 4.39 Å². The second kappa shape index (κ2) is 2.47. The number of ether oxygens (including phenoxy) is 1. The molecule has 1 aliphatic carbocycles. The van der Waals surface area contributed by atoms with Gasteiger partial charge in [0.15, 0.2) is 0 Å². The number of hydrogen-bond donors (Lipinski definition) is 0. The fraction of sp³-hybridized carbons (Fsp3) is 0.875. The normalized spacial score (nSPS) is 29.8. The van der Waals surface area contributed by atoms with Gasteiger partial charge in [0.2, 0.25) is 0 Å². The van der Waals surface area contributed by atoms with E-state index in [0.29, 0.717) is 6.42 Å². The van der Waals surface area contributed by atoms with E-state index in [1.165, 1.54) is 0 Å². The highest BCUT2D eigenvalue weighted by Gasteiger charge is 2.46. The SMILES string of the molecule is CC(C)(C)OC(=O)[C@H]1C[C@@H]1F. The van der Waals surface area contributed by atoms with E-state index in [1.807, 2.05) is 0 Å². The molecule has 2 nitrogen and oxygen atoms in total. The molecular formula is C8H13FO2. The quantitative estimate of drug-likeness (QED) is 0.545. The number of carbonyl (C=O) groups excluding carboxylic acids is 1. The summed E-state index contributed by atoms with van der Waals surface area (Å²) < 4.78 is 17.3. The Balaban J connectivity index is 2.33. The smallest absolute Gasteiger partial charge is 0.312 e. The summed E-state index contributed by atoms with van der Waals surface area (Å²) in [5.41, 5.74) is -0.487. The van der Waals surface area contributed by atoms with Gasteiger partial charge in [0.25, 0.3) is 0 Å². The van der Waals surface area contributed by atoms with Crippen LogP contribution in [0.15, 0.2) is 0 Å². The molecule has 1 saturated carbocycles. The van der Waals surface area contributed by atoms with E-state index in [4.69, 9.17) is 4.74 Å². The van der Waals surface area contributed by atoms with Gasteiger partial charge in [-0.25, -0.2) is 4.39 Å². The van der Waals surface area contributed by atoms with Crippen molar-refractivity contribution >= 4 is 5.97 Å². The standard InChI is InChI=1S/C8H13FO2/c1-8(2,3)11-7(10)5-4-6(5)9/h5-6H,4H2,1-3H3/t5-,6-/m0/s1. The van der Waals surface area contributed by atoms with Crippen molar-refractivity contribution in [3.63, 3.8) is 0 Å². The molecular weight excluding hydrogens is 147 g/mol. The van der Waals surface area contributed by atoms with Gasteiger partial charge >= 0.3 is 5.97 Å². The first-order valence-electron chi connectivity index (χ1n) is 3.77. The first-order valence-corrected chi connectivity index (χ1v) is 3.77. The van der Waals surface area contributed by atoms with Gasteiger partial charge in [-0.05, 0) is 27.2 Å². The molecule has 0 aliphatic heterocycles. The molecule has 0 bridgehead atoms. The van der Waals surface area contributed by atoms with Crippen molar-refractivity contribution in [2.75, 3.05) is 0 Å². The second-order valence-corrected chi connectivity index (χ2v) is 3.89. The van der Waals surface area contributed by atoms with E-state index < -0.39 is 23.7 Å². The predicted molar refractivity (Wildman–Crippen MR) is 38.8 cm³/mol. The molecule has 64 valence electrons. The number of esters is 1. The summed E-state index contributed by atoms with van der Waals surface area (Å²) >= 11 is 0. The molecule has 0 radical (unpaired) electrons. The van der Waals surface area contributed by atoms with E-state index in [9.17, 15) is 9.18 Å². The van der Waals surface area contributed by atoms with E-state index in [1.54, 1.807) is 20.8 Å². The van der Waals surface area contributed by atoms with Crippen molar-refractivity contribution in [1.82, 2.24) is 0 Å². The van der Waals surface area contributed by atoms with E-state index in [-0.39, 0.29) is 0 Å². The van der Waals surface area contributed by atoms with E-state index in [0.717, 1.165) is 0 Å². The summed E-state index contributed by atoms with van der Waals surface area (Å²) in [5, 5.41) is 0. The molecule has 0 spiro atoms. The third kappa shape index (κ3) is 2.48. The van der Waals surface area contributed by atoms with Crippen molar-refractivity contribution in [3.8, 4) is 0 Å². The van der Waals surface area contributed by atoms with Gasteiger partial charge in [-0.2, -0.15) is 0 Å². The lowest BCUT2D eigenvalue weighted by Crippen LogP contribution is -2.25. The van der Waals surface area contributed by atoms with E-state index in [2.05, 4.69) is 0 Å². The summed E-state index contributed by atoms with van der Waals surface area (Å²) in [6.45, 7) is 5.33. The van der Waals surface area contributed by atoms with Crippen LogP contribution in [0.3, 0.4) is 0 Å². The summed E-state index contributed by atoms with van der Waals surface area (Å²) in [6.07, 6.45) is -0.612. The van der Waals surface area contributed by atoms with Crippen molar-refractivity contribution in [2.24, 2.45) is 5.92 Å². The summed E-state index contributed by atoms with van der Waals surface area (Å²) in [4.78, 5) is 11.0. The Morgan fingerprint density at radius 2 is 2.00 bits per heavy atom. The van der Waals surface area contributed by atoms with Crippen molar-refractivity contribution in [2.45, 2.75) is 39.0 Å². The van der Waals surface area contributed by atoms with E-state index >= 15 is 0 Å². The Morgan fingerprint density at radius 3 is 2.27 bits per heavy atom. The number of hydrogen-bond acceptors (Lipinski definition) is 2. The number of rotatable bonds is 1. The molecule has 1 rings (SSSR count). The number of carbonyl (C=O) groups is 1. The van der Waals surface area contributed by atoms with Crippen molar-refractivity contribution < 1.29 is 13.9 Å². The van der Waals surface area contributed by atoms with Gasteiger partial charge in [-0.15, -0.1) is 0 Å². The fourth-order valence-corrected chi connectivity index (χ4v) is 0.785. The number of alkyl halides is 1. The maximum Gasteiger partial charge on any atom is 0.312 e. The largest absolute Gasteiger partial charge is 0.460 e. The predicted octanol–water partition coefficient (Wildman–Crippen LogP) is 1.69. The maximum absolute atomic E-state index is 12.3. The van der Waals surface area contributed by atoms with Crippen LogP contribution >= 0.6 is 0 Å². The minimum absolute atomic E-state index is 0.342. The van der Waals surface area contributed by atoms with Crippen LogP contribution in [0.5, 0.6) is 0 Å². The van der Waals surface area contributed by atoms with Gasteiger partial charge in [-0.3, -0.25) is 4.79 Å². The molecule has 0 saturated heterocycles. The van der Waals surface area contributed by atoms with Crippen molar-refractivity contribution in [3.05, 3.63) is 0 Å². The molecule has 0 aromatic heterocycles. The zero-order chi connectivity index (χ0) is 8.65. The lowest BCUT2D eigenvalue weighted by Gasteiger charge is -2.19. The van der Waals surface area contributed by atoms with Crippen LogP contribution in [-0.4, -0.2) is 17.7 Å². The van der Waals surface area contributed by atoms with Crippen LogP contribution in [0.25, 0.3) is 0 Å². The summed E-state index contributed by atoms with van der Waals surface area (Å²) in [5.74, 6) is -0.876. The average molecular weight is 160 g/mol. The zero-order valence-electron chi connectivity index (χ0n) is 7.06. The summed E-state index contributed by atoms with van der Waals surface area (Å²) in [7, 11) is 0. The second-order valence-electron chi connectivity index (χ2n) is 3.89. The fourth-order valence-electron chi connectivity index (χ4n) is 0.785. The highest BCUT2D eigenvalue weighted by Crippen LogP contribution is 2.35. The first kappa shape index (κ1) is 8.50. The maximum atomic E-state index is 12.3. The molecule has 1 aliphatic rings. The Bertz CT molecular complexity index is 171. The highest BCUT2D eigenvalue weighted by atomic mass is 19.1. The van der Waals surface area contributed by atoms with Gasteiger partial charge < -0.3 is 4.74 Å². The van der Waals surface area contributed by atoms with Crippen LogP contribution in [0.1, 0.15) is 27.2 Å². The third-order valence-corrected chi connectivity index (χ3v) is 1.42. The molecule has 0 aromatic carbocycles. The lowest BCUT2D eigenvalue weighted by atomic mass is 10.2. The zero-order valence-corrected chi connectivity index (χ0v) is 7.06. The molecule has 0 heterocycles. The van der Waals surface area contributed by atoms with Crippen LogP contribution in [-0.2, 0) is 9.53 Å². The lowest BCUT2D eigenvalue weighted by molar-refractivity contribution is -0.156. The number of halogens is 1. The minimum Gasteiger partial charge on any atom is -0.460 e. The molecule has 0 aromatic rings. The van der Waals surface area contributed by atoms with Gasteiger partial charge in [0.1, 0.15) is 11.8 Å². The minimum atomic E-state index is -0.954. The topological polar surface area (TPSA) is 26.3 Å². The molecule has 3 heteroatoms. The molecule has 1 fully saturated rings. The Labute approximate surface area is 65.7 Å².